The van der Waals surface area contributed by atoms with Gasteiger partial charge in [-0.05, 0) is 49.9 Å². The van der Waals surface area contributed by atoms with Crippen LogP contribution in [0.25, 0.3) is 0 Å². The van der Waals surface area contributed by atoms with Crippen LogP contribution >= 0.6 is 0 Å². The summed E-state index contributed by atoms with van der Waals surface area (Å²) in [5.41, 5.74) is 0.521. The van der Waals surface area contributed by atoms with Crippen molar-refractivity contribution < 1.29 is 0 Å². The lowest BCUT2D eigenvalue weighted by molar-refractivity contribution is 0.293. The van der Waals surface area contributed by atoms with E-state index in [1.54, 1.807) is 0 Å². The minimum Gasteiger partial charge on any atom is -0.0917 e. The molecule has 2 unspecified atom stereocenters. The minimum atomic E-state index is 0.521. The number of hydrogen-bond donors (Lipinski definition) is 0. The second kappa shape index (κ2) is 12.3. The van der Waals surface area contributed by atoms with Crippen molar-refractivity contribution in [2.24, 2.45) is 17.3 Å². The van der Waals surface area contributed by atoms with Crippen LogP contribution in [0.3, 0.4) is 0 Å². The van der Waals surface area contributed by atoms with E-state index >= 15 is 0 Å². The van der Waals surface area contributed by atoms with Gasteiger partial charge in [-0.15, -0.1) is 0 Å². The van der Waals surface area contributed by atoms with E-state index in [9.17, 15) is 0 Å². The highest BCUT2D eigenvalue weighted by molar-refractivity contribution is 4.77. The SMILES string of the molecule is C/C=C\CCCC(CC)C(C)CCCCCCC(C)(C)C. The predicted octanol–water partition coefficient (Wildman–Crippen LogP) is 7.78. The Kier molecular flexibility index (Phi) is 12.1. The monoisotopic (exact) mass is 294 g/mol. The summed E-state index contributed by atoms with van der Waals surface area (Å²) in [5.74, 6) is 1.87. The quantitative estimate of drug-likeness (QED) is 0.254. The molecule has 0 spiro atoms. The Morgan fingerprint density at radius 3 is 2.14 bits per heavy atom. The summed E-state index contributed by atoms with van der Waals surface area (Å²) in [6.45, 7) is 14.1. The number of allylic oxidation sites excluding steroid dienone is 2. The van der Waals surface area contributed by atoms with Crippen LogP contribution in [0.15, 0.2) is 12.2 Å². The molecule has 21 heavy (non-hydrogen) atoms. The third-order valence-electron chi connectivity index (χ3n) is 4.85. The van der Waals surface area contributed by atoms with Gasteiger partial charge in [0.1, 0.15) is 0 Å². The summed E-state index contributed by atoms with van der Waals surface area (Å²) in [5, 5.41) is 0. The first-order valence-corrected chi connectivity index (χ1v) is 9.52. The van der Waals surface area contributed by atoms with Crippen LogP contribution in [0.4, 0.5) is 0 Å². The van der Waals surface area contributed by atoms with Gasteiger partial charge in [-0.3, -0.25) is 0 Å². The zero-order valence-electron chi connectivity index (χ0n) is 15.9. The fraction of sp³-hybridized carbons (Fsp3) is 0.905. The lowest BCUT2D eigenvalue weighted by Crippen LogP contribution is -2.11. The van der Waals surface area contributed by atoms with E-state index in [1.807, 2.05) is 0 Å². The molecule has 0 bridgehead atoms. The lowest BCUT2D eigenvalue weighted by Gasteiger charge is -2.23. The molecule has 0 saturated heterocycles. The van der Waals surface area contributed by atoms with Crippen LogP contribution in [0.2, 0.25) is 0 Å². The second-order valence-corrected chi connectivity index (χ2v) is 8.16. The summed E-state index contributed by atoms with van der Waals surface area (Å²) in [7, 11) is 0. The second-order valence-electron chi connectivity index (χ2n) is 8.16. The molecule has 0 saturated carbocycles. The molecule has 0 nitrogen and oxygen atoms in total. The summed E-state index contributed by atoms with van der Waals surface area (Å²) >= 11 is 0. The van der Waals surface area contributed by atoms with Crippen LogP contribution in [-0.4, -0.2) is 0 Å². The smallest absolute Gasteiger partial charge is 0.0351 e. The van der Waals surface area contributed by atoms with Crippen molar-refractivity contribution >= 4 is 0 Å². The fourth-order valence-electron chi connectivity index (χ4n) is 3.27. The highest BCUT2D eigenvalue weighted by Crippen LogP contribution is 2.27. The van der Waals surface area contributed by atoms with Crippen LogP contribution in [0.1, 0.15) is 106 Å². The molecule has 126 valence electrons. The highest BCUT2D eigenvalue weighted by atomic mass is 14.2. The van der Waals surface area contributed by atoms with E-state index in [2.05, 4.69) is 53.7 Å². The zero-order valence-corrected chi connectivity index (χ0v) is 15.9. The number of unbranched alkanes of at least 4 members (excludes halogenated alkanes) is 4. The molecule has 0 aliphatic heterocycles. The Hall–Kier alpha value is -0.260. The van der Waals surface area contributed by atoms with Gasteiger partial charge in [0.25, 0.3) is 0 Å². The van der Waals surface area contributed by atoms with Crippen molar-refractivity contribution in [2.45, 2.75) is 106 Å². The van der Waals surface area contributed by atoms with Crippen LogP contribution in [0.5, 0.6) is 0 Å². The Labute approximate surface area is 135 Å². The summed E-state index contributed by atoms with van der Waals surface area (Å²) in [4.78, 5) is 0. The van der Waals surface area contributed by atoms with Crippen LogP contribution in [0, 0.1) is 17.3 Å². The van der Waals surface area contributed by atoms with Crippen LogP contribution in [-0.2, 0) is 0 Å². The molecule has 0 heterocycles. The molecule has 0 fully saturated rings. The van der Waals surface area contributed by atoms with Gasteiger partial charge in [0, 0.05) is 0 Å². The maximum Gasteiger partial charge on any atom is -0.0351 e. The first kappa shape index (κ1) is 20.7. The van der Waals surface area contributed by atoms with E-state index in [0.29, 0.717) is 5.41 Å². The summed E-state index contributed by atoms with van der Waals surface area (Å²) in [6, 6.07) is 0. The number of rotatable bonds is 12. The molecule has 0 aromatic rings. The maximum atomic E-state index is 2.49. The maximum absolute atomic E-state index is 2.49. The van der Waals surface area contributed by atoms with Crippen LogP contribution < -0.4 is 0 Å². The normalized spacial score (nSPS) is 15.5. The molecule has 0 radical (unpaired) electrons. The van der Waals surface area contributed by atoms with Crippen molar-refractivity contribution in [3.63, 3.8) is 0 Å². The largest absolute Gasteiger partial charge is 0.0917 e. The van der Waals surface area contributed by atoms with Gasteiger partial charge < -0.3 is 0 Å². The molecular formula is C21H42. The molecule has 0 rings (SSSR count). The Morgan fingerprint density at radius 1 is 0.905 bits per heavy atom. The molecular weight excluding hydrogens is 252 g/mol. The van der Waals surface area contributed by atoms with Gasteiger partial charge in [0.2, 0.25) is 0 Å². The molecule has 0 aromatic carbocycles. The predicted molar refractivity (Wildman–Crippen MR) is 98.8 cm³/mol. The first-order chi connectivity index (χ1) is 9.90. The van der Waals surface area contributed by atoms with E-state index in [1.165, 1.54) is 64.2 Å². The molecule has 0 heteroatoms. The fourth-order valence-corrected chi connectivity index (χ4v) is 3.27. The lowest BCUT2D eigenvalue weighted by atomic mass is 9.83. The Bertz CT molecular complexity index is 243. The van der Waals surface area contributed by atoms with Crippen molar-refractivity contribution in [1.82, 2.24) is 0 Å². The van der Waals surface area contributed by atoms with Gasteiger partial charge in [-0.1, -0.05) is 85.3 Å². The molecule has 0 N–H and O–H groups in total. The Balaban J connectivity index is 3.67. The van der Waals surface area contributed by atoms with E-state index < -0.39 is 0 Å². The topological polar surface area (TPSA) is 0 Å². The molecule has 0 aliphatic carbocycles. The van der Waals surface area contributed by atoms with Gasteiger partial charge in [-0.2, -0.15) is 0 Å². The van der Waals surface area contributed by atoms with E-state index in [4.69, 9.17) is 0 Å². The Morgan fingerprint density at radius 2 is 1.57 bits per heavy atom. The third kappa shape index (κ3) is 13.1. The molecule has 0 aromatic heterocycles. The van der Waals surface area contributed by atoms with E-state index in [0.717, 1.165) is 11.8 Å². The number of hydrogen-bond acceptors (Lipinski definition) is 0. The average molecular weight is 295 g/mol. The minimum absolute atomic E-state index is 0.521. The average Bonchev–Trinajstić information content (AvgIpc) is 2.41. The summed E-state index contributed by atoms with van der Waals surface area (Å²) in [6.07, 6.45) is 18.5. The zero-order chi connectivity index (χ0) is 16.1. The standard InChI is InChI=1S/C21H42/c1-7-9-10-14-17-20(8-2)19(3)16-13-11-12-15-18-21(4,5)6/h7,9,19-20H,8,10-18H2,1-6H3/b9-7-. The molecule has 0 aliphatic rings. The van der Waals surface area contributed by atoms with Crippen molar-refractivity contribution in [3.8, 4) is 0 Å². The van der Waals surface area contributed by atoms with Crippen molar-refractivity contribution in [1.29, 1.82) is 0 Å². The third-order valence-corrected chi connectivity index (χ3v) is 4.85. The molecule has 2 atom stereocenters. The van der Waals surface area contributed by atoms with Gasteiger partial charge in [0.05, 0.1) is 0 Å². The highest BCUT2D eigenvalue weighted by Gasteiger charge is 2.14. The van der Waals surface area contributed by atoms with Gasteiger partial charge >= 0.3 is 0 Å². The van der Waals surface area contributed by atoms with Gasteiger partial charge in [-0.25, -0.2) is 0 Å². The van der Waals surface area contributed by atoms with Crippen molar-refractivity contribution in [2.75, 3.05) is 0 Å². The van der Waals surface area contributed by atoms with Gasteiger partial charge in [0.15, 0.2) is 0 Å². The van der Waals surface area contributed by atoms with Crippen molar-refractivity contribution in [3.05, 3.63) is 12.2 Å². The van der Waals surface area contributed by atoms with E-state index in [-0.39, 0.29) is 0 Å². The first-order valence-electron chi connectivity index (χ1n) is 9.52. The molecule has 0 amide bonds. The summed E-state index contributed by atoms with van der Waals surface area (Å²) < 4.78 is 0.